The largest absolute Gasteiger partial charge is 0.481 e. The molecular formula is C16H25N3O2. The highest BCUT2D eigenvalue weighted by Gasteiger charge is 2.25. The number of carbonyl (C=O) groups is 1. The van der Waals surface area contributed by atoms with E-state index in [9.17, 15) is 4.79 Å². The maximum atomic E-state index is 10.9. The fraction of sp³-hybridized carbons (Fsp3) is 0.625. The molecule has 0 spiro atoms. The molecule has 5 heteroatoms. The molecule has 1 fully saturated rings. The number of aliphatic carboxylic acids is 1. The standard InChI is InChI=1S/C16H25N3O2/c1-3-19(4-2)15-10-9-14(11-17-15)18-13-7-5-12(6-8-13)16(20)21/h9-13,18H,3-8H2,1-2H3,(H,20,21). The molecule has 2 N–H and O–H groups in total. The molecule has 5 nitrogen and oxygen atoms in total. The van der Waals surface area contributed by atoms with Crippen LogP contribution in [0.15, 0.2) is 18.3 Å². The Hall–Kier alpha value is -1.78. The van der Waals surface area contributed by atoms with Gasteiger partial charge in [0.1, 0.15) is 5.82 Å². The summed E-state index contributed by atoms with van der Waals surface area (Å²) < 4.78 is 0. The van der Waals surface area contributed by atoms with Gasteiger partial charge in [0.05, 0.1) is 17.8 Å². The minimum atomic E-state index is -0.654. The third-order valence-electron chi connectivity index (χ3n) is 4.28. The fourth-order valence-electron chi connectivity index (χ4n) is 2.93. The van der Waals surface area contributed by atoms with E-state index >= 15 is 0 Å². The van der Waals surface area contributed by atoms with Crippen LogP contribution in [0.25, 0.3) is 0 Å². The van der Waals surface area contributed by atoms with E-state index in [1.165, 1.54) is 0 Å². The third kappa shape index (κ3) is 4.09. The second-order valence-corrected chi connectivity index (χ2v) is 5.61. The van der Waals surface area contributed by atoms with Gasteiger partial charge in [0, 0.05) is 19.1 Å². The Labute approximate surface area is 126 Å². The predicted octanol–water partition coefficient (Wildman–Crippen LogP) is 2.98. The molecular weight excluding hydrogens is 266 g/mol. The quantitative estimate of drug-likeness (QED) is 0.843. The Bertz CT molecular complexity index is 449. The Morgan fingerprint density at radius 2 is 1.95 bits per heavy atom. The molecule has 1 saturated carbocycles. The van der Waals surface area contributed by atoms with Gasteiger partial charge in [0.25, 0.3) is 0 Å². The molecule has 1 aliphatic carbocycles. The minimum absolute atomic E-state index is 0.161. The number of carboxylic acid groups (broad SMARTS) is 1. The van der Waals surface area contributed by atoms with Crippen LogP contribution >= 0.6 is 0 Å². The van der Waals surface area contributed by atoms with Crippen LogP contribution in [-0.2, 0) is 4.79 Å². The summed E-state index contributed by atoms with van der Waals surface area (Å²) in [5, 5.41) is 12.5. The first-order valence-corrected chi connectivity index (χ1v) is 7.84. The summed E-state index contributed by atoms with van der Waals surface area (Å²) in [7, 11) is 0. The van der Waals surface area contributed by atoms with Gasteiger partial charge in [-0.25, -0.2) is 4.98 Å². The molecule has 0 saturated heterocycles. The number of aromatic nitrogens is 1. The van der Waals surface area contributed by atoms with Gasteiger partial charge in [-0.05, 0) is 51.7 Å². The lowest BCUT2D eigenvalue weighted by Gasteiger charge is -2.27. The normalized spacial score (nSPS) is 21.8. The van der Waals surface area contributed by atoms with Crippen molar-refractivity contribution in [3.63, 3.8) is 0 Å². The number of hydrogen-bond donors (Lipinski definition) is 2. The molecule has 2 rings (SSSR count). The number of hydrogen-bond acceptors (Lipinski definition) is 4. The zero-order valence-electron chi connectivity index (χ0n) is 12.9. The molecule has 0 radical (unpaired) electrons. The van der Waals surface area contributed by atoms with Crippen molar-refractivity contribution in [2.24, 2.45) is 5.92 Å². The number of nitrogens with one attached hydrogen (secondary N) is 1. The average molecular weight is 291 g/mol. The number of pyridine rings is 1. The van der Waals surface area contributed by atoms with E-state index in [0.717, 1.165) is 50.3 Å². The minimum Gasteiger partial charge on any atom is -0.481 e. The van der Waals surface area contributed by atoms with Crippen molar-refractivity contribution < 1.29 is 9.90 Å². The van der Waals surface area contributed by atoms with Crippen molar-refractivity contribution in [1.29, 1.82) is 0 Å². The lowest BCUT2D eigenvalue weighted by Crippen LogP contribution is -2.29. The second kappa shape index (κ2) is 7.29. The van der Waals surface area contributed by atoms with Gasteiger partial charge in [-0.15, -0.1) is 0 Å². The van der Waals surface area contributed by atoms with Gasteiger partial charge < -0.3 is 15.3 Å². The SMILES string of the molecule is CCN(CC)c1ccc(NC2CCC(C(=O)O)CC2)cn1. The zero-order chi connectivity index (χ0) is 15.2. The fourth-order valence-corrected chi connectivity index (χ4v) is 2.93. The first-order valence-electron chi connectivity index (χ1n) is 7.84. The molecule has 0 aromatic carbocycles. The van der Waals surface area contributed by atoms with Gasteiger partial charge in [-0.1, -0.05) is 0 Å². The van der Waals surface area contributed by atoms with E-state index < -0.39 is 5.97 Å². The molecule has 0 amide bonds. The van der Waals surface area contributed by atoms with E-state index in [1.807, 2.05) is 12.3 Å². The highest BCUT2D eigenvalue weighted by atomic mass is 16.4. The summed E-state index contributed by atoms with van der Waals surface area (Å²) in [5.74, 6) is 0.185. The number of anilines is 2. The summed E-state index contributed by atoms with van der Waals surface area (Å²) in [6, 6.07) is 4.46. The van der Waals surface area contributed by atoms with Crippen molar-refractivity contribution in [1.82, 2.24) is 4.98 Å². The Morgan fingerprint density at radius 3 is 2.43 bits per heavy atom. The van der Waals surface area contributed by atoms with Crippen molar-refractivity contribution in [3.8, 4) is 0 Å². The third-order valence-corrected chi connectivity index (χ3v) is 4.28. The van der Waals surface area contributed by atoms with E-state index in [4.69, 9.17) is 5.11 Å². The molecule has 0 aliphatic heterocycles. The van der Waals surface area contributed by atoms with E-state index in [2.05, 4.69) is 35.1 Å². The molecule has 0 unspecified atom stereocenters. The molecule has 116 valence electrons. The smallest absolute Gasteiger partial charge is 0.306 e. The van der Waals surface area contributed by atoms with Crippen LogP contribution in [0.1, 0.15) is 39.5 Å². The highest BCUT2D eigenvalue weighted by Crippen LogP contribution is 2.27. The highest BCUT2D eigenvalue weighted by molar-refractivity contribution is 5.70. The van der Waals surface area contributed by atoms with Crippen LogP contribution in [0.2, 0.25) is 0 Å². The second-order valence-electron chi connectivity index (χ2n) is 5.61. The van der Waals surface area contributed by atoms with Crippen LogP contribution in [-0.4, -0.2) is 35.2 Å². The zero-order valence-corrected chi connectivity index (χ0v) is 12.9. The van der Waals surface area contributed by atoms with Crippen molar-refractivity contribution in [3.05, 3.63) is 18.3 Å². The monoisotopic (exact) mass is 291 g/mol. The van der Waals surface area contributed by atoms with Crippen molar-refractivity contribution >= 4 is 17.5 Å². The maximum Gasteiger partial charge on any atom is 0.306 e. The average Bonchev–Trinajstić information content (AvgIpc) is 2.51. The van der Waals surface area contributed by atoms with Crippen LogP contribution in [0.3, 0.4) is 0 Å². The first-order chi connectivity index (χ1) is 10.1. The Kier molecular flexibility index (Phi) is 5.42. The van der Waals surface area contributed by atoms with Gasteiger partial charge in [-0.3, -0.25) is 4.79 Å². The van der Waals surface area contributed by atoms with Crippen molar-refractivity contribution in [2.45, 2.75) is 45.6 Å². The lowest BCUT2D eigenvalue weighted by molar-refractivity contribution is -0.142. The van der Waals surface area contributed by atoms with E-state index in [1.54, 1.807) is 0 Å². The molecule has 1 aliphatic rings. The van der Waals surface area contributed by atoms with Crippen molar-refractivity contribution in [2.75, 3.05) is 23.3 Å². The summed E-state index contributed by atoms with van der Waals surface area (Å²) in [6.07, 6.45) is 5.22. The number of nitrogens with zero attached hydrogens (tertiary/aromatic N) is 2. The molecule has 21 heavy (non-hydrogen) atoms. The summed E-state index contributed by atoms with van der Waals surface area (Å²) >= 11 is 0. The summed E-state index contributed by atoms with van der Waals surface area (Å²) in [4.78, 5) is 17.7. The molecule has 0 atom stereocenters. The van der Waals surface area contributed by atoms with Gasteiger partial charge in [0.15, 0.2) is 0 Å². The first kappa shape index (κ1) is 15.6. The van der Waals surface area contributed by atoms with E-state index in [-0.39, 0.29) is 5.92 Å². The Morgan fingerprint density at radius 1 is 1.29 bits per heavy atom. The van der Waals surface area contributed by atoms with Gasteiger partial charge in [-0.2, -0.15) is 0 Å². The lowest BCUT2D eigenvalue weighted by atomic mass is 9.86. The van der Waals surface area contributed by atoms with E-state index in [0.29, 0.717) is 6.04 Å². The van der Waals surface area contributed by atoms with Crippen LogP contribution in [0.4, 0.5) is 11.5 Å². The number of rotatable bonds is 6. The predicted molar refractivity (Wildman–Crippen MR) is 84.8 cm³/mol. The summed E-state index contributed by atoms with van der Waals surface area (Å²) in [6.45, 7) is 6.15. The number of carboxylic acids is 1. The topological polar surface area (TPSA) is 65.5 Å². The molecule has 1 aromatic rings. The van der Waals surface area contributed by atoms with Gasteiger partial charge >= 0.3 is 5.97 Å². The Balaban J connectivity index is 1.88. The van der Waals surface area contributed by atoms with Crippen LogP contribution in [0.5, 0.6) is 0 Å². The van der Waals surface area contributed by atoms with Crippen LogP contribution in [0, 0.1) is 5.92 Å². The maximum absolute atomic E-state index is 10.9. The molecule has 1 aromatic heterocycles. The van der Waals surface area contributed by atoms with Crippen LogP contribution < -0.4 is 10.2 Å². The molecule has 0 bridgehead atoms. The molecule has 1 heterocycles. The summed E-state index contributed by atoms with van der Waals surface area (Å²) in [5.41, 5.74) is 1.02. The van der Waals surface area contributed by atoms with Gasteiger partial charge in [0.2, 0.25) is 0 Å².